The van der Waals surface area contributed by atoms with Gasteiger partial charge >= 0.3 is 0 Å². The minimum atomic E-state index is -0.531. The van der Waals surface area contributed by atoms with Crippen LogP contribution in [0.2, 0.25) is 0 Å². The van der Waals surface area contributed by atoms with Crippen molar-refractivity contribution >= 4 is 11.6 Å². The molecule has 0 fully saturated rings. The van der Waals surface area contributed by atoms with Crippen LogP contribution < -0.4 is 10.1 Å². The minimum Gasteiger partial charge on any atom is -0.497 e. The number of rotatable bonds is 7. The molecule has 0 saturated carbocycles. The summed E-state index contributed by atoms with van der Waals surface area (Å²) in [5, 5.41) is 12.2. The molecule has 1 amide bonds. The molecule has 1 atom stereocenters. The molecule has 1 unspecified atom stereocenters. The molecule has 0 saturated heterocycles. The Balaban J connectivity index is 2.63. The lowest BCUT2D eigenvalue weighted by Gasteiger charge is -2.21. The fraction of sp³-hybridized carbons (Fsp3) is 0.467. The SMILES string of the molecule is CCN(CC)C(=O)CC(C#N)Nc1ccc(OC)cc1. The molecule has 1 rings (SSSR count). The predicted octanol–water partition coefficient (Wildman–Crippen LogP) is 2.26. The van der Waals surface area contributed by atoms with Gasteiger partial charge in [0.15, 0.2) is 0 Å². The van der Waals surface area contributed by atoms with Gasteiger partial charge in [-0.2, -0.15) is 5.26 Å². The Morgan fingerprint density at radius 3 is 2.40 bits per heavy atom. The second-order valence-electron chi connectivity index (χ2n) is 4.32. The third-order valence-electron chi connectivity index (χ3n) is 3.08. The Morgan fingerprint density at radius 1 is 1.35 bits per heavy atom. The number of hydrogen-bond donors (Lipinski definition) is 1. The van der Waals surface area contributed by atoms with Crippen molar-refractivity contribution in [1.29, 1.82) is 5.26 Å². The molecule has 108 valence electrons. The molecule has 1 aromatic rings. The van der Waals surface area contributed by atoms with E-state index in [1.807, 2.05) is 38.1 Å². The lowest BCUT2D eigenvalue weighted by molar-refractivity contribution is -0.130. The number of benzene rings is 1. The van der Waals surface area contributed by atoms with E-state index in [2.05, 4.69) is 11.4 Å². The first-order chi connectivity index (χ1) is 9.64. The molecule has 0 heterocycles. The van der Waals surface area contributed by atoms with E-state index in [9.17, 15) is 4.79 Å². The molecule has 0 radical (unpaired) electrons. The van der Waals surface area contributed by atoms with Crippen molar-refractivity contribution < 1.29 is 9.53 Å². The lowest BCUT2D eigenvalue weighted by atomic mass is 10.2. The molecule has 0 aromatic heterocycles. The van der Waals surface area contributed by atoms with Crippen LogP contribution in [0.15, 0.2) is 24.3 Å². The highest BCUT2D eigenvalue weighted by atomic mass is 16.5. The highest BCUT2D eigenvalue weighted by molar-refractivity contribution is 5.77. The molecule has 0 aliphatic carbocycles. The minimum absolute atomic E-state index is 0.0115. The van der Waals surface area contributed by atoms with Gasteiger partial charge in [0.05, 0.1) is 19.6 Å². The Kier molecular flexibility index (Phi) is 6.38. The van der Waals surface area contributed by atoms with E-state index in [0.29, 0.717) is 13.1 Å². The highest BCUT2D eigenvalue weighted by Gasteiger charge is 2.16. The van der Waals surface area contributed by atoms with Gasteiger partial charge in [-0.25, -0.2) is 0 Å². The average Bonchev–Trinajstić information content (AvgIpc) is 2.48. The van der Waals surface area contributed by atoms with E-state index in [1.165, 1.54) is 0 Å². The van der Waals surface area contributed by atoms with Crippen molar-refractivity contribution in [3.05, 3.63) is 24.3 Å². The monoisotopic (exact) mass is 275 g/mol. The van der Waals surface area contributed by atoms with Gasteiger partial charge in [-0.15, -0.1) is 0 Å². The summed E-state index contributed by atoms with van der Waals surface area (Å²) < 4.78 is 5.07. The Labute approximate surface area is 120 Å². The van der Waals surface area contributed by atoms with E-state index in [-0.39, 0.29) is 12.3 Å². The van der Waals surface area contributed by atoms with Gasteiger partial charge in [-0.3, -0.25) is 4.79 Å². The molecule has 1 N–H and O–H groups in total. The molecule has 1 aromatic carbocycles. The summed E-state index contributed by atoms with van der Waals surface area (Å²) >= 11 is 0. The van der Waals surface area contributed by atoms with Crippen LogP contribution in [0.5, 0.6) is 5.75 Å². The molecular formula is C15H21N3O2. The fourth-order valence-corrected chi connectivity index (χ4v) is 1.90. The van der Waals surface area contributed by atoms with E-state index in [0.717, 1.165) is 11.4 Å². The van der Waals surface area contributed by atoms with Gasteiger partial charge in [-0.05, 0) is 38.1 Å². The van der Waals surface area contributed by atoms with Crippen molar-refractivity contribution in [2.24, 2.45) is 0 Å². The van der Waals surface area contributed by atoms with E-state index >= 15 is 0 Å². The highest BCUT2D eigenvalue weighted by Crippen LogP contribution is 2.16. The first-order valence-electron chi connectivity index (χ1n) is 6.72. The van der Waals surface area contributed by atoms with Crippen LogP contribution in [0.3, 0.4) is 0 Å². The third-order valence-corrected chi connectivity index (χ3v) is 3.08. The van der Waals surface area contributed by atoms with Crippen molar-refractivity contribution in [2.75, 3.05) is 25.5 Å². The van der Waals surface area contributed by atoms with E-state index < -0.39 is 6.04 Å². The number of nitriles is 1. The fourth-order valence-electron chi connectivity index (χ4n) is 1.90. The number of carbonyl (C=O) groups excluding carboxylic acids is 1. The van der Waals surface area contributed by atoms with Crippen molar-refractivity contribution in [3.8, 4) is 11.8 Å². The Hall–Kier alpha value is -2.22. The predicted molar refractivity (Wildman–Crippen MR) is 78.6 cm³/mol. The number of nitrogens with zero attached hydrogens (tertiary/aromatic N) is 2. The largest absolute Gasteiger partial charge is 0.497 e. The number of methoxy groups -OCH3 is 1. The normalized spacial score (nSPS) is 11.3. The topological polar surface area (TPSA) is 65.4 Å². The summed E-state index contributed by atoms with van der Waals surface area (Å²) in [6, 6.07) is 8.86. The van der Waals surface area contributed by atoms with Crippen LogP contribution in [-0.4, -0.2) is 37.0 Å². The summed E-state index contributed by atoms with van der Waals surface area (Å²) in [6.45, 7) is 5.19. The second-order valence-corrected chi connectivity index (χ2v) is 4.32. The summed E-state index contributed by atoms with van der Waals surface area (Å²) in [7, 11) is 1.60. The molecule has 0 aliphatic heterocycles. The molecule has 20 heavy (non-hydrogen) atoms. The Bertz CT molecular complexity index is 461. The van der Waals surface area contributed by atoms with Crippen LogP contribution in [0.25, 0.3) is 0 Å². The standard InChI is InChI=1S/C15H21N3O2/c1-4-18(5-2)15(19)10-13(11-16)17-12-6-8-14(20-3)9-7-12/h6-9,13,17H,4-5,10H2,1-3H3. The van der Waals surface area contributed by atoms with Gasteiger partial charge in [0.25, 0.3) is 0 Å². The van der Waals surface area contributed by atoms with Gasteiger partial charge in [0.1, 0.15) is 11.8 Å². The smallest absolute Gasteiger partial charge is 0.225 e. The van der Waals surface area contributed by atoms with Crippen LogP contribution in [0.1, 0.15) is 20.3 Å². The maximum absolute atomic E-state index is 12.0. The van der Waals surface area contributed by atoms with Crippen molar-refractivity contribution in [3.63, 3.8) is 0 Å². The van der Waals surface area contributed by atoms with Crippen molar-refractivity contribution in [2.45, 2.75) is 26.3 Å². The van der Waals surface area contributed by atoms with Crippen LogP contribution in [0, 0.1) is 11.3 Å². The third kappa shape index (κ3) is 4.47. The lowest BCUT2D eigenvalue weighted by Crippen LogP contribution is -2.34. The molecule has 5 heteroatoms. The first kappa shape index (κ1) is 15.8. The number of carbonyl (C=O) groups is 1. The average molecular weight is 275 g/mol. The Morgan fingerprint density at radius 2 is 1.95 bits per heavy atom. The summed E-state index contributed by atoms with van der Waals surface area (Å²) in [4.78, 5) is 13.7. The molecule has 0 aliphatic rings. The number of hydrogen-bond acceptors (Lipinski definition) is 4. The van der Waals surface area contributed by atoms with Crippen molar-refractivity contribution in [1.82, 2.24) is 4.90 Å². The van der Waals surface area contributed by atoms with Gasteiger partial charge < -0.3 is 15.0 Å². The quantitative estimate of drug-likeness (QED) is 0.829. The molecular weight excluding hydrogens is 254 g/mol. The molecule has 0 bridgehead atoms. The maximum Gasteiger partial charge on any atom is 0.225 e. The maximum atomic E-state index is 12.0. The number of amides is 1. The zero-order valence-electron chi connectivity index (χ0n) is 12.2. The number of anilines is 1. The first-order valence-corrected chi connectivity index (χ1v) is 6.72. The van der Waals surface area contributed by atoms with Gasteiger partial charge in [-0.1, -0.05) is 0 Å². The summed E-state index contributed by atoms with van der Waals surface area (Å²) in [5.41, 5.74) is 0.796. The number of ether oxygens (including phenoxy) is 1. The summed E-state index contributed by atoms with van der Waals surface area (Å²) in [5.74, 6) is 0.742. The summed E-state index contributed by atoms with van der Waals surface area (Å²) in [6.07, 6.45) is 0.171. The zero-order valence-corrected chi connectivity index (χ0v) is 12.2. The molecule has 0 spiro atoms. The zero-order chi connectivity index (χ0) is 15.0. The van der Waals surface area contributed by atoms with E-state index in [4.69, 9.17) is 10.00 Å². The second kappa shape index (κ2) is 8.05. The van der Waals surface area contributed by atoms with Crippen LogP contribution >= 0.6 is 0 Å². The van der Waals surface area contributed by atoms with Crippen LogP contribution in [-0.2, 0) is 4.79 Å². The van der Waals surface area contributed by atoms with Crippen LogP contribution in [0.4, 0.5) is 5.69 Å². The number of nitrogens with one attached hydrogen (secondary N) is 1. The molecule has 5 nitrogen and oxygen atoms in total. The van der Waals surface area contributed by atoms with Gasteiger partial charge in [0, 0.05) is 18.8 Å². The van der Waals surface area contributed by atoms with Gasteiger partial charge in [0.2, 0.25) is 5.91 Å². The van der Waals surface area contributed by atoms with E-state index in [1.54, 1.807) is 12.0 Å².